The van der Waals surface area contributed by atoms with Crippen LogP contribution in [-0.4, -0.2) is 11.7 Å². The van der Waals surface area contributed by atoms with Crippen LogP contribution in [0.5, 0.6) is 0 Å². The lowest BCUT2D eigenvalue weighted by atomic mass is 10.2. The first-order chi connectivity index (χ1) is 4.31. The molecule has 0 bridgehead atoms. The average Bonchev–Trinajstić information content (AvgIpc) is 1.89. The van der Waals surface area contributed by atoms with Crippen LogP contribution in [0.3, 0.4) is 0 Å². The first-order valence-corrected chi connectivity index (χ1v) is 3.21. The summed E-state index contributed by atoms with van der Waals surface area (Å²) in [6.45, 7) is 4.28. The Morgan fingerprint density at radius 3 is 2.67 bits per heavy atom. The van der Waals surface area contributed by atoms with Crippen molar-refractivity contribution in [2.75, 3.05) is 6.61 Å². The van der Waals surface area contributed by atoms with Crippen molar-refractivity contribution in [2.24, 2.45) is 0 Å². The third-order valence-corrected chi connectivity index (χ3v) is 1.13. The molecule has 1 N–H and O–H groups in total. The Bertz CT molecular complexity index is 112. The monoisotopic (exact) mass is 126 g/mol. The summed E-state index contributed by atoms with van der Waals surface area (Å²) < 4.78 is 0. The Hall–Kier alpha value is -0.560. The average molecular weight is 126 g/mol. The van der Waals surface area contributed by atoms with Gasteiger partial charge in [-0.25, -0.2) is 0 Å². The highest BCUT2D eigenvalue weighted by Gasteiger charge is 1.75. The van der Waals surface area contributed by atoms with Gasteiger partial charge in [-0.3, -0.25) is 0 Å². The smallest absolute Gasteiger partial charge is 0.0465 e. The lowest BCUT2D eigenvalue weighted by Crippen LogP contribution is -1.75. The van der Waals surface area contributed by atoms with Gasteiger partial charge in [-0.15, -0.1) is 0 Å². The molecule has 0 saturated heterocycles. The zero-order valence-corrected chi connectivity index (χ0v) is 6.09. The highest BCUT2D eigenvalue weighted by molar-refractivity contribution is 5.14. The lowest BCUT2D eigenvalue weighted by molar-refractivity contribution is 0.302. The standard InChI is InChI=1S/C8H14O/c1-3-8(2)6-4-5-7-9/h3-4,6,9H,5,7H2,1-2H3/b6-4-,8-3-. The third kappa shape index (κ3) is 5.31. The Balaban J connectivity index is 3.45. The molecule has 0 aliphatic carbocycles. The molecule has 0 aromatic rings. The van der Waals surface area contributed by atoms with Gasteiger partial charge in [0.15, 0.2) is 0 Å². The van der Waals surface area contributed by atoms with Crippen LogP contribution in [0.25, 0.3) is 0 Å². The molecule has 0 radical (unpaired) electrons. The minimum Gasteiger partial charge on any atom is -0.396 e. The lowest BCUT2D eigenvalue weighted by Gasteiger charge is -1.86. The summed E-state index contributed by atoms with van der Waals surface area (Å²) in [5.74, 6) is 0. The van der Waals surface area contributed by atoms with Crippen LogP contribution in [0.2, 0.25) is 0 Å². The molecule has 52 valence electrons. The molecule has 1 nitrogen and oxygen atoms in total. The van der Waals surface area contributed by atoms with Crippen LogP contribution >= 0.6 is 0 Å². The number of aliphatic hydroxyl groups is 1. The quantitative estimate of drug-likeness (QED) is 0.572. The fraction of sp³-hybridized carbons (Fsp3) is 0.500. The van der Waals surface area contributed by atoms with Crippen LogP contribution in [0.4, 0.5) is 0 Å². The molecule has 0 fully saturated rings. The molecule has 0 unspecified atom stereocenters. The van der Waals surface area contributed by atoms with Crippen molar-refractivity contribution in [3.05, 3.63) is 23.8 Å². The van der Waals surface area contributed by atoms with E-state index in [1.807, 2.05) is 32.1 Å². The van der Waals surface area contributed by atoms with Crippen LogP contribution in [-0.2, 0) is 0 Å². The zero-order valence-electron chi connectivity index (χ0n) is 6.09. The molecule has 0 aliphatic rings. The molecule has 0 rings (SSSR count). The number of allylic oxidation sites excluding steroid dienone is 3. The summed E-state index contributed by atoms with van der Waals surface area (Å²) in [4.78, 5) is 0. The Morgan fingerprint density at radius 2 is 2.22 bits per heavy atom. The van der Waals surface area contributed by atoms with Gasteiger partial charge in [-0.1, -0.05) is 23.8 Å². The first kappa shape index (κ1) is 8.44. The predicted molar refractivity (Wildman–Crippen MR) is 40.3 cm³/mol. The van der Waals surface area contributed by atoms with Gasteiger partial charge < -0.3 is 5.11 Å². The Morgan fingerprint density at radius 1 is 1.56 bits per heavy atom. The van der Waals surface area contributed by atoms with E-state index in [2.05, 4.69) is 0 Å². The van der Waals surface area contributed by atoms with Crippen molar-refractivity contribution in [3.8, 4) is 0 Å². The van der Waals surface area contributed by atoms with Gasteiger partial charge in [0.2, 0.25) is 0 Å². The van der Waals surface area contributed by atoms with E-state index in [0.717, 1.165) is 6.42 Å². The Kier molecular flexibility index (Phi) is 5.23. The highest BCUT2D eigenvalue weighted by atomic mass is 16.2. The molecular formula is C8H14O. The normalized spacial score (nSPS) is 13.0. The maximum Gasteiger partial charge on any atom is 0.0465 e. The highest BCUT2D eigenvalue weighted by Crippen LogP contribution is 1.94. The van der Waals surface area contributed by atoms with E-state index >= 15 is 0 Å². The molecule has 0 saturated carbocycles. The Labute approximate surface area is 56.7 Å². The van der Waals surface area contributed by atoms with Crippen molar-refractivity contribution in [1.29, 1.82) is 0 Å². The summed E-state index contributed by atoms with van der Waals surface area (Å²) in [7, 11) is 0. The van der Waals surface area contributed by atoms with Crippen LogP contribution < -0.4 is 0 Å². The first-order valence-electron chi connectivity index (χ1n) is 3.21. The number of hydrogen-bond donors (Lipinski definition) is 1. The molecule has 0 spiro atoms. The minimum absolute atomic E-state index is 0.244. The fourth-order valence-electron chi connectivity index (χ4n) is 0.440. The number of hydrogen-bond acceptors (Lipinski definition) is 1. The molecule has 0 aromatic carbocycles. The van der Waals surface area contributed by atoms with Crippen LogP contribution in [0, 0.1) is 0 Å². The topological polar surface area (TPSA) is 20.2 Å². The minimum atomic E-state index is 0.244. The van der Waals surface area contributed by atoms with Crippen molar-refractivity contribution in [1.82, 2.24) is 0 Å². The van der Waals surface area contributed by atoms with Crippen molar-refractivity contribution in [2.45, 2.75) is 20.3 Å². The van der Waals surface area contributed by atoms with Gasteiger partial charge in [0.1, 0.15) is 0 Å². The van der Waals surface area contributed by atoms with Gasteiger partial charge in [0.25, 0.3) is 0 Å². The van der Waals surface area contributed by atoms with Crippen LogP contribution in [0.1, 0.15) is 20.3 Å². The van der Waals surface area contributed by atoms with Gasteiger partial charge in [-0.05, 0) is 20.3 Å². The van der Waals surface area contributed by atoms with E-state index in [0.29, 0.717) is 0 Å². The predicted octanol–water partition coefficient (Wildman–Crippen LogP) is 1.89. The van der Waals surface area contributed by atoms with Gasteiger partial charge in [0, 0.05) is 6.61 Å². The van der Waals surface area contributed by atoms with Crippen molar-refractivity contribution < 1.29 is 5.11 Å². The molecular weight excluding hydrogens is 112 g/mol. The fourth-order valence-corrected chi connectivity index (χ4v) is 0.440. The number of aliphatic hydroxyl groups excluding tert-OH is 1. The van der Waals surface area contributed by atoms with Gasteiger partial charge in [0.05, 0.1) is 0 Å². The molecule has 0 heterocycles. The van der Waals surface area contributed by atoms with E-state index in [1.165, 1.54) is 5.57 Å². The maximum absolute atomic E-state index is 8.38. The summed E-state index contributed by atoms with van der Waals surface area (Å²) >= 11 is 0. The SMILES string of the molecule is C/C=C(C)\C=C/CCO. The molecule has 0 atom stereocenters. The van der Waals surface area contributed by atoms with E-state index in [1.54, 1.807) is 0 Å². The van der Waals surface area contributed by atoms with E-state index in [4.69, 9.17) is 5.11 Å². The maximum atomic E-state index is 8.38. The molecule has 0 aromatic heterocycles. The van der Waals surface area contributed by atoms with Crippen molar-refractivity contribution >= 4 is 0 Å². The largest absolute Gasteiger partial charge is 0.396 e. The summed E-state index contributed by atoms with van der Waals surface area (Å²) in [6.07, 6.45) is 6.77. The summed E-state index contributed by atoms with van der Waals surface area (Å²) in [5.41, 5.74) is 1.24. The second kappa shape index (κ2) is 5.57. The molecule has 0 amide bonds. The van der Waals surface area contributed by atoms with E-state index in [9.17, 15) is 0 Å². The summed E-state index contributed by atoms with van der Waals surface area (Å²) in [5, 5.41) is 8.38. The number of rotatable bonds is 3. The van der Waals surface area contributed by atoms with E-state index < -0.39 is 0 Å². The van der Waals surface area contributed by atoms with Crippen molar-refractivity contribution in [3.63, 3.8) is 0 Å². The zero-order chi connectivity index (χ0) is 7.11. The van der Waals surface area contributed by atoms with Crippen LogP contribution in [0.15, 0.2) is 23.8 Å². The molecule has 9 heavy (non-hydrogen) atoms. The second-order valence-corrected chi connectivity index (χ2v) is 1.95. The third-order valence-electron chi connectivity index (χ3n) is 1.13. The molecule has 1 heteroatoms. The second-order valence-electron chi connectivity index (χ2n) is 1.95. The molecule has 0 aliphatic heterocycles. The van der Waals surface area contributed by atoms with Gasteiger partial charge in [-0.2, -0.15) is 0 Å². The van der Waals surface area contributed by atoms with E-state index in [-0.39, 0.29) is 6.61 Å². The van der Waals surface area contributed by atoms with Gasteiger partial charge >= 0.3 is 0 Å². The summed E-state index contributed by atoms with van der Waals surface area (Å²) in [6, 6.07) is 0.